The van der Waals surface area contributed by atoms with Crippen LogP contribution in [0.3, 0.4) is 0 Å². The number of hydrogen-bond acceptors (Lipinski definition) is 7. The molecule has 30 heavy (non-hydrogen) atoms. The fourth-order valence-electron chi connectivity index (χ4n) is 2.99. The first-order chi connectivity index (χ1) is 14.3. The molecule has 2 N–H and O–H groups in total. The van der Waals surface area contributed by atoms with E-state index in [0.717, 1.165) is 22.0 Å². The van der Waals surface area contributed by atoms with E-state index in [-0.39, 0.29) is 22.1 Å². The Labute approximate surface area is 181 Å². The number of benzene rings is 1. The number of pyridine rings is 1. The van der Waals surface area contributed by atoms with Crippen LogP contribution in [0.15, 0.2) is 35.2 Å². The minimum absolute atomic E-state index is 0.0693. The summed E-state index contributed by atoms with van der Waals surface area (Å²) in [6, 6.07) is 7.82. The number of carboxylic acids is 2. The molecule has 1 aliphatic rings. The van der Waals surface area contributed by atoms with Gasteiger partial charge in [-0.3, -0.25) is 14.5 Å². The summed E-state index contributed by atoms with van der Waals surface area (Å²) >= 11 is 6.16. The van der Waals surface area contributed by atoms with Crippen LogP contribution in [0.2, 0.25) is 0 Å². The van der Waals surface area contributed by atoms with Gasteiger partial charge in [-0.1, -0.05) is 42.2 Å². The molecule has 1 aromatic heterocycles. The average molecular weight is 447 g/mol. The van der Waals surface area contributed by atoms with Gasteiger partial charge in [0, 0.05) is 11.8 Å². The van der Waals surface area contributed by atoms with Crippen LogP contribution in [0.5, 0.6) is 5.75 Å². The lowest BCUT2D eigenvalue weighted by molar-refractivity contribution is -0.146. The van der Waals surface area contributed by atoms with Crippen LogP contribution in [0.1, 0.15) is 25.5 Å². The number of amides is 1. The van der Waals surface area contributed by atoms with E-state index >= 15 is 0 Å². The molecule has 1 aliphatic heterocycles. The van der Waals surface area contributed by atoms with Crippen LogP contribution in [0.25, 0.3) is 17.0 Å². The molecule has 0 saturated carbocycles. The zero-order chi connectivity index (χ0) is 21.8. The lowest BCUT2D eigenvalue weighted by Crippen LogP contribution is -2.44. The average Bonchev–Trinajstić information content (AvgIpc) is 2.96. The van der Waals surface area contributed by atoms with Crippen LogP contribution in [-0.4, -0.2) is 54.9 Å². The van der Waals surface area contributed by atoms with Gasteiger partial charge in [-0.15, -0.1) is 0 Å². The summed E-state index contributed by atoms with van der Waals surface area (Å²) < 4.78 is 5.68. The van der Waals surface area contributed by atoms with Crippen LogP contribution in [0, 0.1) is 0 Å². The van der Waals surface area contributed by atoms with Crippen molar-refractivity contribution in [3.63, 3.8) is 0 Å². The summed E-state index contributed by atoms with van der Waals surface area (Å²) in [5, 5.41) is 19.2. The Bertz CT molecular complexity index is 1070. The minimum atomic E-state index is -1.34. The van der Waals surface area contributed by atoms with Gasteiger partial charge in [0.1, 0.15) is 21.6 Å². The molecule has 8 nitrogen and oxygen atoms in total. The number of rotatable bonds is 8. The summed E-state index contributed by atoms with van der Waals surface area (Å²) in [6.07, 6.45) is 0.910. The van der Waals surface area contributed by atoms with Crippen molar-refractivity contribution in [3.8, 4) is 5.75 Å². The highest BCUT2D eigenvalue weighted by Crippen LogP contribution is 2.35. The van der Waals surface area contributed by atoms with Crippen molar-refractivity contribution < 1.29 is 29.3 Å². The molecule has 3 rings (SSSR count). The van der Waals surface area contributed by atoms with Crippen molar-refractivity contribution in [3.05, 3.63) is 40.9 Å². The van der Waals surface area contributed by atoms with Crippen LogP contribution >= 0.6 is 24.0 Å². The molecule has 0 spiro atoms. The number of carboxylic acid groups (broad SMARTS) is 2. The standard InChI is InChI=1S/C20H18N2O6S2/c1-2-28-14-5-3-4-11-6-7-12(21-17(11)14)10-15-18(25)22(20(29)30-15)13(19(26)27)8-9-16(23)24/h3-7,10,13H,2,8-9H2,1H3,(H,23,24)(H,26,27)/b15-10-. The zero-order valence-corrected chi connectivity index (χ0v) is 17.5. The molecular weight excluding hydrogens is 428 g/mol. The summed E-state index contributed by atoms with van der Waals surface area (Å²) in [6.45, 7) is 2.36. The van der Waals surface area contributed by atoms with E-state index in [1.54, 1.807) is 6.07 Å². The number of thioether (sulfide) groups is 1. The first kappa shape index (κ1) is 21.7. The number of fused-ring (bicyclic) bond motifs is 1. The smallest absolute Gasteiger partial charge is 0.326 e. The molecule has 1 atom stereocenters. The van der Waals surface area contributed by atoms with Gasteiger partial charge >= 0.3 is 11.9 Å². The van der Waals surface area contributed by atoms with E-state index in [9.17, 15) is 19.5 Å². The molecule has 2 heterocycles. The molecule has 1 amide bonds. The second-order valence-electron chi connectivity index (χ2n) is 6.34. The number of carbonyl (C=O) groups is 3. The number of para-hydroxylation sites is 1. The number of ether oxygens (including phenoxy) is 1. The Morgan fingerprint density at radius 3 is 2.73 bits per heavy atom. The molecule has 1 saturated heterocycles. The third-order valence-electron chi connectivity index (χ3n) is 4.34. The van der Waals surface area contributed by atoms with E-state index in [0.29, 0.717) is 23.6 Å². The largest absolute Gasteiger partial charge is 0.492 e. The Balaban J connectivity index is 1.92. The molecular formula is C20H18N2O6S2. The highest BCUT2D eigenvalue weighted by atomic mass is 32.2. The van der Waals surface area contributed by atoms with E-state index in [2.05, 4.69) is 4.98 Å². The number of aromatic nitrogens is 1. The second kappa shape index (κ2) is 9.23. The van der Waals surface area contributed by atoms with Crippen LogP contribution in [0.4, 0.5) is 0 Å². The number of thiocarbonyl (C=S) groups is 1. The predicted octanol–water partition coefficient (Wildman–Crippen LogP) is 3.15. The maximum absolute atomic E-state index is 12.8. The molecule has 1 aromatic carbocycles. The molecule has 156 valence electrons. The first-order valence-electron chi connectivity index (χ1n) is 9.06. The van der Waals surface area contributed by atoms with Gasteiger partial charge in [-0.05, 0) is 31.6 Å². The van der Waals surface area contributed by atoms with Crippen molar-refractivity contribution in [1.82, 2.24) is 9.88 Å². The third kappa shape index (κ3) is 4.60. The van der Waals surface area contributed by atoms with Crippen molar-refractivity contribution in [2.45, 2.75) is 25.8 Å². The third-order valence-corrected chi connectivity index (χ3v) is 5.67. The number of hydrogen-bond donors (Lipinski definition) is 2. The Morgan fingerprint density at radius 2 is 2.07 bits per heavy atom. The van der Waals surface area contributed by atoms with Crippen LogP contribution < -0.4 is 4.74 Å². The van der Waals surface area contributed by atoms with Gasteiger partial charge < -0.3 is 14.9 Å². The molecule has 0 aliphatic carbocycles. The normalized spacial score (nSPS) is 16.3. The van der Waals surface area contributed by atoms with Crippen molar-refractivity contribution >= 4 is 63.1 Å². The fourth-order valence-corrected chi connectivity index (χ4v) is 4.33. The summed E-state index contributed by atoms with van der Waals surface area (Å²) in [5.74, 6) is -2.41. The van der Waals surface area contributed by atoms with Gasteiger partial charge in [-0.25, -0.2) is 9.78 Å². The van der Waals surface area contributed by atoms with Gasteiger partial charge in [0.25, 0.3) is 5.91 Å². The second-order valence-corrected chi connectivity index (χ2v) is 8.01. The summed E-state index contributed by atoms with van der Waals surface area (Å²) in [7, 11) is 0. The number of aliphatic carboxylic acids is 2. The van der Waals surface area contributed by atoms with Crippen molar-refractivity contribution in [2.24, 2.45) is 0 Å². The van der Waals surface area contributed by atoms with Crippen molar-refractivity contribution in [1.29, 1.82) is 0 Å². The Morgan fingerprint density at radius 1 is 1.30 bits per heavy atom. The Kier molecular flexibility index (Phi) is 6.68. The summed E-state index contributed by atoms with van der Waals surface area (Å²) in [5.41, 5.74) is 1.14. The molecule has 10 heteroatoms. The molecule has 2 aromatic rings. The highest BCUT2D eigenvalue weighted by Gasteiger charge is 2.40. The summed E-state index contributed by atoms with van der Waals surface area (Å²) in [4.78, 5) is 41.0. The highest BCUT2D eigenvalue weighted by molar-refractivity contribution is 8.26. The zero-order valence-electron chi connectivity index (χ0n) is 15.9. The van der Waals surface area contributed by atoms with E-state index in [1.807, 2.05) is 31.2 Å². The van der Waals surface area contributed by atoms with Crippen LogP contribution in [-0.2, 0) is 14.4 Å². The lowest BCUT2D eigenvalue weighted by Gasteiger charge is -2.22. The van der Waals surface area contributed by atoms with Gasteiger partial charge in [-0.2, -0.15) is 0 Å². The van der Waals surface area contributed by atoms with E-state index in [4.69, 9.17) is 22.1 Å². The quantitative estimate of drug-likeness (QED) is 0.466. The first-order valence-corrected chi connectivity index (χ1v) is 10.3. The SMILES string of the molecule is CCOc1cccc2ccc(/C=C3\SC(=S)N(C(CCC(=O)O)C(=O)O)C3=O)nc12. The maximum Gasteiger partial charge on any atom is 0.326 e. The molecule has 1 unspecified atom stereocenters. The number of nitrogens with zero attached hydrogens (tertiary/aromatic N) is 2. The monoisotopic (exact) mass is 446 g/mol. The molecule has 0 radical (unpaired) electrons. The molecule has 1 fully saturated rings. The van der Waals surface area contributed by atoms with Crippen molar-refractivity contribution in [2.75, 3.05) is 6.61 Å². The fraction of sp³-hybridized carbons (Fsp3) is 0.250. The predicted molar refractivity (Wildman–Crippen MR) is 116 cm³/mol. The van der Waals surface area contributed by atoms with E-state index < -0.39 is 23.9 Å². The Hall–Kier alpha value is -2.98. The number of carbonyl (C=O) groups excluding carboxylic acids is 1. The van der Waals surface area contributed by atoms with E-state index in [1.165, 1.54) is 6.08 Å². The topological polar surface area (TPSA) is 117 Å². The van der Waals surface area contributed by atoms with Gasteiger partial charge in [0.05, 0.1) is 17.2 Å². The minimum Gasteiger partial charge on any atom is -0.492 e. The van der Waals surface area contributed by atoms with Gasteiger partial charge in [0.2, 0.25) is 0 Å². The van der Waals surface area contributed by atoms with Gasteiger partial charge in [0.15, 0.2) is 0 Å². The lowest BCUT2D eigenvalue weighted by atomic mass is 10.1. The molecule has 0 bridgehead atoms. The maximum atomic E-state index is 12.8.